The van der Waals surface area contributed by atoms with Crippen LogP contribution in [0.3, 0.4) is 0 Å². The Kier molecular flexibility index (Phi) is 6.28. The van der Waals surface area contributed by atoms with Gasteiger partial charge in [-0.05, 0) is 18.1 Å². The second-order valence-electron chi connectivity index (χ2n) is 5.66. The Morgan fingerprint density at radius 2 is 2.04 bits per heavy atom. The Morgan fingerprint density at radius 1 is 1.29 bits per heavy atom. The molecule has 0 radical (unpaired) electrons. The summed E-state index contributed by atoms with van der Waals surface area (Å²) in [6.07, 6.45) is 2.02. The van der Waals surface area contributed by atoms with Gasteiger partial charge in [-0.25, -0.2) is 18.4 Å². The van der Waals surface area contributed by atoms with Gasteiger partial charge in [-0.1, -0.05) is 59.0 Å². The minimum atomic E-state index is -3.67. The van der Waals surface area contributed by atoms with Crippen molar-refractivity contribution in [1.82, 2.24) is 20.2 Å². The molecule has 2 heterocycles. The molecule has 8 nitrogen and oxygen atoms in total. The summed E-state index contributed by atoms with van der Waals surface area (Å²) in [6.45, 7) is 2.04. The second-order valence-corrected chi connectivity index (χ2v) is 10.2. The number of carbonyl (C=O) groups is 1. The van der Waals surface area contributed by atoms with E-state index in [0.717, 1.165) is 18.2 Å². The number of amides is 1. The molecule has 1 aromatic carbocycles. The number of hydrogen-bond donors (Lipinski definition) is 1. The fraction of sp³-hybridized carbons (Fsp3) is 0.188. The van der Waals surface area contributed by atoms with Crippen LogP contribution in [0.2, 0.25) is 5.02 Å². The molecule has 3 rings (SSSR count). The predicted molar refractivity (Wildman–Crippen MR) is 109 cm³/mol. The molecular formula is C16H14ClN5O3S3. The quantitative estimate of drug-likeness (QED) is 0.342. The third kappa shape index (κ3) is 5.04. The normalized spacial score (nSPS) is 11.4. The first-order chi connectivity index (χ1) is 13.2. The van der Waals surface area contributed by atoms with Gasteiger partial charge in [0.15, 0.2) is 10.0 Å². The van der Waals surface area contributed by atoms with Gasteiger partial charge >= 0.3 is 0 Å². The van der Waals surface area contributed by atoms with E-state index in [9.17, 15) is 13.2 Å². The molecule has 3 aromatic rings. The van der Waals surface area contributed by atoms with Crippen LogP contribution in [0.15, 0.2) is 40.0 Å². The molecule has 2 aromatic heterocycles. The number of rotatable bonds is 6. The molecule has 0 aliphatic carbocycles. The Labute approximate surface area is 174 Å². The summed E-state index contributed by atoms with van der Waals surface area (Å²) in [5.41, 5.74) is 2.13. The maximum absolute atomic E-state index is 12.4. The van der Waals surface area contributed by atoms with Gasteiger partial charge in [0.05, 0.1) is 11.2 Å². The van der Waals surface area contributed by atoms with Gasteiger partial charge in [0.1, 0.15) is 0 Å². The van der Waals surface area contributed by atoms with Crippen LogP contribution in [0.1, 0.15) is 21.6 Å². The van der Waals surface area contributed by atoms with Crippen molar-refractivity contribution in [3.05, 3.63) is 52.3 Å². The summed E-state index contributed by atoms with van der Waals surface area (Å²) in [5, 5.41) is 10.2. The van der Waals surface area contributed by atoms with E-state index in [-0.39, 0.29) is 15.8 Å². The summed E-state index contributed by atoms with van der Waals surface area (Å²) >= 11 is 8.63. The van der Waals surface area contributed by atoms with E-state index >= 15 is 0 Å². The lowest BCUT2D eigenvalue weighted by Crippen LogP contribution is -2.17. The summed E-state index contributed by atoms with van der Waals surface area (Å²) < 4.78 is 23.8. The fourth-order valence-corrected chi connectivity index (χ4v) is 4.58. The first kappa shape index (κ1) is 20.6. The Hall–Kier alpha value is -2.08. The molecule has 28 heavy (non-hydrogen) atoms. The molecule has 0 aliphatic rings. The van der Waals surface area contributed by atoms with Crippen LogP contribution in [0.4, 0.5) is 5.13 Å². The van der Waals surface area contributed by atoms with E-state index in [1.165, 1.54) is 34.2 Å². The van der Waals surface area contributed by atoms with Crippen molar-refractivity contribution in [2.24, 2.45) is 0 Å². The highest BCUT2D eigenvalue weighted by Crippen LogP contribution is 2.29. The van der Waals surface area contributed by atoms with Gasteiger partial charge in [0.2, 0.25) is 20.1 Å². The number of carbonyl (C=O) groups excluding carboxylic acids is 1. The SMILES string of the molecule is Cc1ccccc1CSc1nnc(NC(=O)c2nc(S(C)(=O)=O)ncc2Cl)s1. The zero-order valence-electron chi connectivity index (χ0n) is 14.7. The molecule has 12 heteroatoms. The van der Waals surface area contributed by atoms with Crippen LogP contribution in [-0.4, -0.2) is 40.7 Å². The highest BCUT2D eigenvalue weighted by molar-refractivity contribution is 8.00. The first-order valence-corrected chi connectivity index (χ1v) is 11.9. The number of hydrogen-bond acceptors (Lipinski definition) is 9. The number of benzene rings is 1. The molecule has 0 atom stereocenters. The zero-order chi connectivity index (χ0) is 20.3. The topological polar surface area (TPSA) is 115 Å². The highest BCUT2D eigenvalue weighted by atomic mass is 35.5. The predicted octanol–water partition coefficient (Wildman–Crippen LogP) is 3.24. The number of aryl methyl sites for hydroxylation is 1. The van der Waals surface area contributed by atoms with Crippen molar-refractivity contribution in [2.75, 3.05) is 11.6 Å². The van der Waals surface area contributed by atoms with E-state index in [1.54, 1.807) is 0 Å². The number of anilines is 1. The molecule has 146 valence electrons. The van der Waals surface area contributed by atoms with Gasteiger partial charge in [0.25, 0.3) is 5.91 Å². The number of aromatic nitrogens is 4. The Morgan fingerprint density at radius 3 is 2.75 bits per heavy atom. The molecule has 0 bridgehead atoms. The fourth-order valence-electron chi connectivity index (χ4n) is 2.08. The zero-order valence-corrected chi connectivity index (χ0v) is 17.9. The van der Waals surface area contributed by atoms with Crippen molar-refractivity contribution < 1.29 is 13.2 Å². The Balaban J connectivity index is 1.70. The highest BCUT2D eigenvalue weighted by Gasteiger charge is 2.20. The van der Waals surface area contributed by atoms with Crippen molar-refractivity contribution in [3.8, 4) is 0 Å². The minimum absolute atomic E-state index is 0.0661. The van der Waals surface area contributed by atoms with Gasteiger partial charge < -0.3 is 0 Å². The van der Waals surface area contributed by atoms with Crippen LogP contribution in [0.25, 0.3) is 0 Å². The number of thioether (sulfide) groups is 1. The number of nitrogens with one attached hydrogen (secondary N) is 1. The van der Waals surface area contributed by atoms with Crippen LogP contribution in [-0.2, 0) is 15.6 Å². The van der Waals surface area contributed by atoms with Gasteiger partial charge in [0, 0.05) is 12.0 Å². The average molecular weight is 456 g/mol. The van der Waals surface area contributed by atoms with Gasteiger partial charge in [-0.2, -0.15) is 0 Å². The molecule has 0 aliphatic heterocycles. The smallest absolute Gasteiger partial charge is 0.277 e. The summed E-state index contributed by atoms with van der Waals surface area (Å²) in [5.74, 6) is 0.0361. The van der Waals surface area contributed by atoms with E-state index in [0.29, 0.717) is 4.34 Å². The van der Waals surface area contributed by atoms with Crippen molar-refractivity contribution in [1.29, 1.82) is 0 Å². The standard InChI is InChI=1S/C16H14ClN5O3S3/c1-9-5-3-4-6-10(9)8-26-16-22-21-14(27-16)20-13(23)12-11(17)7-18-15(19-12)28(2,24)25/h3-7H,8H2,1-2H3,(H,20,21,23). The van der Waals surface area contributed by atoms with Crippen molar-refractivity contribution in [3.63, 3.8) is 0 Å². The lowest BCUT2D eigenvalue weighted by Gasteiger charge is -2.04. The monoisotopic (exact) mass is 455 g/mol. The van der Waals surface area contributed by atoms with E-state index in [1.807, 2.05) is 31.2 Å². The van der Waals surface area contributed by atoms with Crippen LogP contribution >= 0.6 is 34.7 Å². The van der Waals surface area contributed by atoms with Crippen LogP contribution in [0, 0.1) is 6.92 Å². The number of nitrogens with zero attached hydrogens (tertiary/aromatic N) is 4. The second kappa shape index (κ2) is 8.52. The van der Waals surface area contributed by atoms with Crippen LogP contribution in [0.5, 0.6) is 0 Å². The maximum Gasteiger partial charge on any atom is 0.277 e. The Bertz CT molecular complexity index is 1130. The molecule has 0 fully saturated rings. The van der Waals surface area contributed by atoms with E-state index in [2.05, 4.69) is 25.5 Å². The molecule has 0 unspecified atom stereocenters. The first-order valence-electron chi connectivity index (χ1n) is 7.79. The minimum Gasteiger partial charge on any atom is -0.295 e. The third-order valence-electron chi connectivity index (χ3n) is 3.51. The van der Waals surface area contributed by atoms with Gasteiger partial charge in [-0.3, -0.25) is 10.1 Å². The molecule has 0 saturated carbocycles. The molecule has 0 saturated heterocycles. The van der Waals surface area contributed by atoms with Gasteiger partial charge in [-0.15, -0.1) is 10.2 Å². The summed E-state index contributed by atoms with van der Waals surface area (Å²) in [7, 11) is -3.67. The molecule has 0 spiro atoms. The number of halogens is 1. The van der Waals surface area contributed by atoms with Crippen molar-refractivity contribution in [2.45, 2.75) is 22.2 Å². The summed E-state index contributed by atoms with van der Waals surface area (Å²) in [6, 6.07) is 8.04. The summed E-state index contributed by atoms with van der Waals surface area (Å²) in [4.78, 5) is 19.8. The lowest BCUT2D eigenvalue weighted by atomic mass is 10.1. The lowest BCUT2D eigenvalue weighted by molar-refractivity contribution is 0.102. The molecular weight excluding hydrogens is 442 g/mol. The average Bonchev–Trinajstić information content (AvgIpc) is 3.07. The van der Waals surface area contributed by atoms with E-state index < -0.39 is 20.9 Å². The third-order valence-corrected chi connectivity index (χ3v) is 6.67. The van der Waals surface area contributed by atoms with E-state index in [4.69, 9.17) is 11.6 Å². The largest absolute Gasteiger partial charge is 0.295 e. The molecule has 1 amide bonds. The molecule has 1 N–H and O–H groups in total. The maximum atomic E-state index is 12.4. The number of sulfone groups is 1. The van der Waals surface area contributed by atoms with Crippen molar-refractivity contribution >= 4 is 55.6 Å². The van der Waals surface area contributed by atoms with Crippen LogP contribution < -0.4 is 5.32 Å².